The molecule has 0 saturated carbocycles. The summed E-state index contributed by atoms with van der Waals surface area (Å²) in [5.41, 5.74) is 9.48. The first-order valence-corrected chi connectivity index (χ1v) is 10.8. The molecule has 3 rings (SSSR count). The van der Waals surface area contributed by atoms with Gasteiger partial charge in [-0.15, -0.1) is 0 Å². The van der Waals surface area contributed by atoms with Crippen LogP contribution in [-0.4, -0.2) is 19.2 Å². The van der Waals surface area contributed by atoms with Crippen LogP contribution in [0, 0.1) is 27.7 Å². The molecule has 0 amide bonds. The molecule has 166 valence electrons. The van der Waals surface area contributed by atoms with Gasteiger partial charge in [0.05, 0.1) is 13.2 Å². The van der Waals surface area contributed by atoms with E-state index in [1.165, 1.54) is 22.3 Å². The molecule has 0 N–H and O–H groups in total. The Morgan fingerprint density at radius 3 is 1.81 bits per heavy atom. The van der Waals surface area contributed by atoms with Crippen molar-refractivity contribution in [3.8, 4) is 0 Å². The van der Waals surface area contributed by atoms with Crippen LogP contribution in [0.25, 0.3) is 0 Å². The summed E-state index contributed by atoms with van der Waals surface area (Å²) in [7, 11) is 0. The van der Waals surface area contributed by atoms with Gasteiger partial charge in [0, 0.05) is 23.1 Å². The van der Waals surface area contributed by atoms with E-state index >= 15 is 0 Å². The second-order valence-electron chi connectivity index (χ2n) is 7.96. The minimum Gasteiger partial charge on any atom is -0.460 e. The lowest BCUT2D eigenvalue weighted by atomic mass is 10.1. The van der Waals surface area contributed by atoms with E-state index in [0.717, 1.165) is 28.7 Å². The number of benzene rings is 3. The van der Waals surface area contributed by atoms with Crippen molar-refractivity contribution in [2.45, 2.75) is 34.3 Å². The molecule has 3 aromatic rings. The van der Waals surface area contributed by atoms with Crippen molar-refractivity contribution in [1.82, 2.24) is 0 Å². The zero-order valence-electron chi connectivity index (χ0n) is 19.4. The average Bonchev–Trinajstić information content (AvgIpc) is 2.79. The Labute approximate surface area is 191 Å². The van der Waals surface area contributed by atoms with E-state index in [1.807, 2.05) is 0 Å². The smallest absolute Gasteiger partial charge is 0.330 e. The highest BCUT2D eigenvalue weighted by Gasteiger charge is 2.14. The molecule has 4 heteroatoms. The number of carbonyl (C=O) groups excluding carboxylic acids is 1. The van der Waals surface area contributed by atoms with Gasteiger partial charge in [-0.2, -0.15) is 0 Å². The van der Waals surface area contributed by atoms with Gasteiger partial charge in [-0.1, -0.05) is 30.8 Å². The van der Waals surface area contributed by atoms with Crippen LogP contribution in [0.4, 0.5) is 17.1 Å². The fourth-order valence-corrected chi connectivity index (χ4v) is 3.37. The molecular formula is C28H31NO3. The number of aryl methyl sites for hydroxylation is 4. The lowest BCUT2D eigenvalue weighted by molar-refractivity contribution is -0.139. The van der Waals surface area contributed by atoms with Crippen molar-refractivity contribution in [2.24, 2.45) is 0 Å². The summed E-state index contributed by atoms with van der Waals surface area (Å²) in [5.74, 6) is -0.435. The maximum absolute atomic E-state index is 11.1. The third kappa shape index (κ3) is 5.86. The number of anilines is 3. The van der Waals surface area contributed by atoms with Crippen molar-refractivity contribution in [2.75, 3.05) is 18.1 Å². The Balaban J connectivity index is 1.80. The minimum atomic E-state index is -0.435. The predicted octanol–water partition coefficient (Wildman–Crippen LogP) is 6.64. The number of hydrogen-bond donors (Lipinski definition) is 0. The molecule has 0 aliphatic carbocycles. The predicted molar refractivity (Wildman–Crippen MR) is 131 cm³/mol. The van der Waals surface area contributed by atoms with Crippen LogP contribution in [0.1, 0.15) is 27.8 Å². The van der Waals surface area contributed by atoms with Crippen molar-refractivity contribution in [3.63, 3.8) is 0 Å². The van der Waals surface area contributed by atoms with E-state index in [-0.39, 0.29) is 6.61 Å². The summed E-state index contributed by atoms with van der Waals surface area (Å²) >= 11 is 0. The molecule has 0 unspecified atom stereocenters. The fraction of sp³-hybridized carbons (Fsp3) is 0.250. The summed E-state index contributed by atoms with van der Waals surface area (Å²) in [4.78, 5) is 13.3. The molecule has 0 bridgehead atoms. The molecule has 0 atom stereocenters. The summed E-state index contributed by atoms with van der Waals surface area (Å²) < 4.78 is 10.5. The van der Waals surface area contributed by atoms with Crippen LogP contribution in [-0.2, 0) is 20.9 Å². The summed E-state index contributed by atoms with van der Waals surface area (Å²) in [6.45, 7) is 12.9. The van der Waals surface area contributed by atoms with Crippen molar-refractivity contribution in [3.05, 3.63) is 101 Å². The zero-order chi connectivity index (χ0) is 23.1. The third-order valence-electron chi connectivity index (χ3n) is 5.60. The van der Waals surface area contributed by atoms with Crippen LogP contribution in [0.5, 0.6) is 0 Å². The Morgan fingerprint density at radius 2 is 1.31 bits per heavy atom. The third-order valence-corrected chi connectivity index (χ3v) is 5.60. The second kappa shape index (κ2) is 10.8. The van der Waals surface area contributed by atoms with Crippen LogP contribution < -0.4 is 4.90 Å². The minimum absolute atomic E-state index is 0.219. The van der Waals surface area contributed by atoms with E-state index in [4.69, 9.17) is 9.47 Å². The molecule has 0 saturated heterocycles. The molecule has 0 spiro atoms. The average molecular weight is 430 g/mol. The van der Waals surface area contributed by atoms with E-state index in [2.05, 4.69) is 99.8 Å². The van der Waals surface area contributed by atoms with Crippen LogP contribution in [0.3, 0.4) is 0 Å². The van der Waals surface area contributed by atoms with Crippen LogP contribution >= 0.6 is 0 Å². The quantitative estimate of drug-likeness (QED) is 0.217. The van der Waals surface area contributed by atoms with E-state index in [1.54, 1.807) is 0 Å². The fourth-order valence-electron chi connectivity index (χ4n) is 3.37. The number of nitrogens with zero attached hydrogens (tertiary/aromatic N) is 1. The first kappa shape index (κ1) is 23.3. The molecular weight excluding hydrogens is 398 g/mol. The molecule has 3 aromatic carbocycles. The number of hydrogen-bond acceptors (Lipinski definition) is 4. The normalized spacial score (nSPS) is 10.6. The summed E-state index contributed by atoms with van der Waals surface area (Å²) in [6.07, 6.45) is 1.15. The Morgan fingerprint density at radius 1 is 0.781 bits per heavy atom. The first-order valence-electron chi connectivity index (χ1n) is 10.8. The van der Waals surface area contributed by atoms with E-state index in [0.29, 0.717) is 13.2 Å². The maximum atomic E-state index is 11.1. The standard InChI is InChI=1S/C28H31NO3/c1-6-28(30)32-16-15-31-19-24-9-13-25(14-10-24)29(26-11-7-20(2)22(4)17-26)27-12-8-21(3)23(5)18-27/h6-14,17-18H,1,15-16,19H2,2-5H3. The van der Waals surface area contributed by atoms with Gasteiger partial charge < -0.3 is 14.4 Å². The van der Waals surface area contributed by atoms with Gasteiger partial charge >= 0.3 is 5.97 Å². The molecule has 0 aromatic heterocycles. The molecule has 32 heavy (non-hydrogen) atoms. The van der Waals surface area contributed by atoms with Gasteiger partial charge in [0.2, 0.25) is 0 Å². The second-order valence-corrected chi connectivity index (χ2v) is 7.96. The Bertz CT molecular complexity index is 1030. The van der Waals surface area contributed by atoms with E-state index < -0.39 is 5.97 Å². The molecule has 0 heterocycles. The molecule has 0 radical (unpaired) electrons. The molecule has 4 nitrogen and oxygen atoms in total. The van der Waals surface area contributed by atoms with Crippen molar-refractivity contribution >= 4 is 23.0 Å². The number of ether oxygens (including phenoxy) is 2. The van der Waals surface area contributed by atoms with Gasteiger partial charge in [-0.25, -0.2) is 4.79 Å². The van der Waals surface area contributed by atoms with Crippen LogP contribution in [0.15, 0.2) is 73.3 Å². The largest absolute Gasteiger partial charge is 0.460 e. The topological polar surface area (TPSA) is 38.8 Å². The molecule has 0 fully saturated rings. The van der Waals surface area contributed by atoms with Crippen molar-refractivity contribution in [1.29, 1.82) is 0 Å². The first-order chi connectivity index (χ1) is 15.4. The lowest BCUT2D eigenvalue weighted by Gasteiger charge is -2.27. The Hall–Kier alpha value is -3.37. The number of rotatable bonds is 9. The molecule has 0 aliphatic heterocycles. The number of carbonyl (C=O) groups is 1. The van der Waals surface area contributed by atoms with Gasteiger partial charge in [0.15, 0.2) is 0 Å². The lowest BCUT2D eigenvalue weighted by Crippen LogP contribution is -2.11. The maximum Gasteiger partial charge on any atom is 0.330 e. The monoisotopic (exact) mass is 429 g/mol. The Kier molecular flexibility index (Phi) is 7.85. The summed E-state index contributed by atoms with van der Waals surface area (Å²) in [5, 5.41) is 0. The van der Waals surface area contributed by atoms with Crippen molar-refractivity contribution < 1.29 is 14.3 Å². The highest BCUT2D eigenvalue weighted by Crippen LogP contribution is 2.36. The summed E-state index contributed by atoms with van der Waals surface area (Å²) in [6, 6.07) is 21.5. The van der Waals surface area contributed by atoms with Gasteiger partial charge in [-0.3, -0.25) is 0 Å². The highest BCUT2D eigenvalue weighted by atomic mass is 16.6. The van der Waals surface area contributed by atoms with Gasteiger partial charge in [0.25, 0.3) is 0 Å². The van der Waals surface area contributed by atoms with Gasteiger partial charge in [-0.05, 0) is 91.9 Å². The number of esters is 1. The SMILES string of the molecule is C=CC(=O)OCCOCc1ccc(N(c2ccc(C)c(C)c2)c2ccc(C)c(C)c2)cc1. The molecule has 0 aliphatic rings. The van der Waals surface area contributed by atoms with Gasteiger partial charge in [0.1, 0.15) is 6.61 Å². The zero-order valence-corrected chi connectivity index (χ0v) is 19.4. The van der Waals surface area contributed by atoms with Crippen LogP contribution in [0.2, 0.25) is 0 Å². The van der Waals surface area contributed by atoms with E-state index in [9.17, 15) is 4.79 Å². The highest BCUT2D eigenvalue weighted by molar-refractivity contribution is 5.81.